The maximum Gasteiger partial charge on any atom is 0.356 e. The largest absolute Gasteiger partial charge is 0.489 e. The molecule has 1 atom stereocenters. The summed E-state index contributed by atoms with van der Waals surface area (Å²) in [5.41, 5.74) is 7.22. The molecular formula is C41H45N3O6. The topological polar surface area (TPSA) is 104 Å². The van der Waals surface area contributed by atoms with Crippen LogP contribution in [0.2, 0.25) is 0 Å². The van der Waals surface area contributed by atoms with Crippen molar-refractivity contribution in [3.05, 3.63) is 113 Å². The van der Waals surface area contributed by atoms with E-state index in [1.807, 2.05) is 67.6 Å². The van der Waals surface area contributed by atoms with Crippen LogP contribution < -0.4 is 4.74 Å². The van der Waals surface area contributed by atoms with Gasteiger partial charge in [-0.25, -0.2) is 14.8 Å². The third-order valence-corrected chi connectivity index (χ3v) is 9.10. The smallest absolute Gasteiger partial charge is 0.356 e. The van der Waals surface area contributed by atoms with Crippen molar-refractivity contribution in [2.75, 3.05) is 26.3 Å². The van der Waals surface area contributed by atoms with Crippen molar-refractivity contribution in [1.82, 2.24) is 14.9 Å². The molecule has 6 rings (SSSR count). The molecule has 260 valence electrons. The fourth-order valence-corrected chi connectivity index (χ4v) is 6.59. The molecule has 0 fully saturated rings. The van der Waals surface area contributed by atoms with Crippen LogP contribution in [0, 0.1) is 0 Å². The van der Waals surface area contributed by atoms with E-state index in [0.717, 1.165) is 90.8 Å². The monoisotopic (exact) mass is 675 g/mol. The number of ether oxygens (including phenoxy) is 3. The van der Waals surface area contributed by atoms with Crippen LogP contribution in [-0.4, -0.2) is 53.1 Å². The van der Waals surface area contributed by atoms with Gasteiger partial charge in [-0.15, -0.1) is 0 Å². The average Bonchev–Trinajstić information content (AvgIpc) is 3.59. The number of hydrogen-bond acceptors (Lipinski definition) is 9. The predicted octanol–water partition coefficient (Wildman–Crippen LogP) is 8.30. The number of hydrogen-bond donors (Lipinski definition) is 0. The Bertz CT molecular complexity index is 1850. The van der Waals surface area contributed by atoms with Crippen LogP contribution in [0.5, 0.6) is 5.75 Å². The van der Waals surface area contributed by atoms with Gasteiger partial charge in [0, 0.05) is 30.3 Å². The van der Waals surface area contributed by atoms with Gasteiger partial charge in [0.15, 0.2) is 5.58 Å². The molecule has 3 aromatic carbocycles. The highest BCUT2D eigenvalue weighted by atomic mass is 16.5. The Kier molecular flexibility index (Phi) is 11.9. The molecule has 1 unspecified atom stereocenters. The van der Waals surface area contributed by atoms with Gasteiger partial charge in [0.2, 0.25) is 5.89 Å². The van der Waals surface area contributed by atoms with Crippen LogP contribution in [0.1, 0.15) is 84.9 Å². The molecule has 0 saturated heterocycles. The van der Waals surface area contributed by atoms with E-state index in [2.05, 4.69) is 28.1 Å². The molecule has 0 aliphatic heterocycles. The lowest BCUT2D eigenvalue weighted by atomic mass is 9.89. The summed E-state index contributed by atoms with van der Waals surface area (Å²) in [6, 6.07) is 28.1. The molecule has 2 heterocycles. The van der Waals surface area contributed by atoms with E-state index in [4.69, 9.17) is 23.6 Å². The average molecular weight is 676 g/mol. The molecule has 0 amide bonds. The molecule has 1 aliphatic carbocycles. The van der Waals surface area contributed by atoms with Crippen molar-refractivity contribution in [3.8, 4) is 17.2 Å². The molecule has 9 heteroatoms. The van der Waals surface area contributed by atoms with Gasteiger partial charge >= 0.3 is 11.9 Å². The van der Waals surface area contributed by atoms with E-state index in [1.54, 1.807) is 13.0 Å². The first-order valence-electron chi connectivity index (χ1n) is 17.7. The van der Waals surface area contributed by atoms with Gasteiger partial charge in [0.25, 0.3) is 0 Å². The van der Waals surface area contributed by atoms with E-state index in [9.17, 15) is 9.59 Å². The first kappa shape index (κ1) is 34.8. The van der Waals surface area contributed by atoms with Crippen molar-refractivity contribution in [3.63, 3.8) is 0 Å². The molecule has 0 N–H and O–H groups in total. The maximum atomic E-state index is 12.4. The molecule has 1 aliphatic rings. The van der Waals surface area contributed by atoms with Crippen molar-refractivity contribution in [2.24, 2.45) is 0 Å². The van der Waals surface area contributed by atoms with Crippen LogP contribution in [0.4, 0.5) is 0 Å². The molecule has 2 aromatic heterocycles. The molecule has 9 nitrogen and oxygen atoms in total. The van der Waals surface area contributed by atoms with E-state index in [-0.39, 0.29) is 18.0 Å². The minimum atomic E-state index is -0.385. The van der Waals surface area contributed by atoms with Crippen LogP contribution in [0.25, 0.3) is 22.6 Å². The number of para-hydroxylation sites is 3. The fourth-order valence-electron chi connectivity index (χ4n) is 6.59. The highest BCUT2D eigenvalue weighted by Crippen LogP contribution is 2.35. The minimum absolute atomic E-state index is 0.148. The zero-order valence-corrected chi connectivity index (χ0v) is 28.9. The number of fused-ring (bicyclic) bond motifs is 2. The van der Waals surface area contributed by atoms with Gasteiger partial charge < -0.3 is 18.6 Å². The summed E-state index contributed by atoms with van der Waals surface area (Å²) in [5.74, 6) is 0.932. The normalized spacial score (nSPS) is 14.0. The Hall–Kier alpha value is -5.02. The Morgan fingerprint density at radius 1 is 0.860 bits per heavy atom. The van der Waals surface area contributed by atoms with Crippen molar-refractivity contribution in [2.45, 2.75) is 71.4 Å². The van der Waals surface area contributed by atoms with Gasteiger partial charge in [-0.1, -0.05) is 48.5 Å². The summed E-state index contributed by atoms with van der Waals surface area (Å²) in [6.45, 7) is 6.43. The van der Waals surface area contributed by atoms with E-state index in [1.165, 1.54) is 5.56 Å². The highest BCUT2D eigenvalue weighted by Gasteiger charge is 2.28. The number of esters is 2. The summed E-state index contributed by atoms with van der Waals surface area (Å²) in [7, 11) is 0. The maximum absolute atomic E-state index is 12.4. The molecule has 50 heavy (non-hydrogen) atoms. The summed E-state index contributed by atoms with van der Waals surface area (Å²) in [4.78, 5) is 36.3. The molecule has 0 bridgehead atoms. The first-order chi connectivity index (χ1) is 24.5. The Morgan fingerprint density at radius 3 is 2.48 bits per heavy atom. The van der Waals surface area contributed by atoms with Crippen LogP contribution in [-0.2, 0) is 33.7 Å². The number of benzene rings is 3. The van der Waals surface area contributed by atoms with Gasteiger partial charge in [-0.2, -0.15) is 0 Å². The summed E-state index contributed by atoms with van der Waals surface area (Å²) >= 11 is 0. The number of carbonyl (C=O) groups is 2. The third-order valence-electron chi connectivity index (χ3n) is 9.10. The second-order valence-corrected chi connectivity index (χ2v) is 12.5. The molecule has 0 spiro atoms. The fraction of sp³-hybridized carbons (Fsp3) is 0.366. The van der Waals surface area contributed by atoms with Gasteiger partial charge in [-0.05, 0) is 112 Å². The number of aromatic nitrogens is 2. The number of nitrogens with zero attached hydrogens (tertiary/aromatic N) is 3. The lowest BCUT2D eigenvalue weighted by molar-refractivity contribution is -0.143. The van der Waals surface area contributed by atoms with Gasteiger partial charge in [0.1, 0.15) is 23.6 Å². The standard InChI is InChI=1S/C41H45N3O6/c1-3-47-39(45)18-9-10-26-44(36-15-11-14-33-32(36)23-24-35(42-33)41(46)48-4-2)27-25-30-12-5-7-16-37(30)49-28-29-19-21-31(22-20-29)40-43-34-13-6-8-17-38(34)50-40/h5-8,12-13,16-17,19-24,36H,3-4,9-11,14-15,18,25-28H2,1-2H3. The number of unbranched alkanes of at least 4 members (excludes halogenated alkanes) is 1. The number of rotatable bonds is 16. The predicted molar refractivity (Wildman–Crippen MR) is 192 cm³/mol. The van der Waals surface area contributed by atoms with Crippen LogP contribution >= 0.6 is 0 Å². The number of aryl methyl sites for hydroxylation is 1. The van der Waals surface area contributed by atoms with Crippen LogP contribution in [0.15, 0.2) is 89.3 Å². The number of pyridine rings is 1. The van der Waals surface area contributed by atoms with E-state index >= 15 is 0 Å². The second kappa shape index (κ2) is 17.1. The molecular weight excluding hydrogens is 630 g/mol. The summed E-state index contributed by atoms with van der Waals surface area (Å²) in [5, 5.41) is 0. The SMILES string of the molecule is CCOC(=O)CCCCN(CCc1ccccc1OCc1ccc(-c2nc3ccccc3o2)cc1)C1CCCc2nc(C(=O)OCC)ccc21. The van der Waals surface area contributed by atoms with E-state index in [0.29, 0.717) is 37.8 Å². The molecule has 5 aromatic rings. The third kappa shape index (κ3) is 8.76. The zero-order valence-electron chi connectivity index (χ0n) is 28.9. The highest BCUT2D eigenvalue weighted by molar-refractivity contribution is 5.87. The quantitative estimate of drug-likeness (QED) is 0.0755. The number of oxazole rings is 1. The minimum Gasteiger partial charge on any atom is -0.489 e. The molecule has 0 radical (unpaired) electrons. The van der Waals surface area contributed by atoms with Crippen molar-refractivity contribution < 1.29 is 28.2 Å². The van der Waals surface area contributed by atoms with Gasteiger partial charge in [-0.3, -0.25) is 9.69 Å². The van der Waals surface area contributed by atoms with Crippen molar-refractivity contribution in [1.29, 1.82) is 0 Å². The summed E-state index contributed by atoms with van der Waals surface area (Å²) < 4.78 is 22.7. The second-order valence-electron chi connectivity index (χ2n) is 12.5. The van der Waals surface area contributed by atoms with Gasteiger partial charge in [0.05, 0.1) is 13.2 Å². The summed E-state index contributed by atoms with van der Waals surface area (Å²) in [6.07, 6.45) is 5.67. The zero-order chi connectivity index (χ0) is 34.7. The number of carbonyl (C=O) groups excluding carboxylic acids is 2. The lowest BCUT2D eigenvalue weighted by Crippen LogP contribution is -2.34. The van der Waals surface area contributed by atoms with Crippen molar-refractivity contribution >= 4 is 23.0 Å². The molecule has 0 saturated carbocycles. The Balaban J connectivity index is 1.13. The lowest BCUT2D eigenvalue weighted by Gasteiger charge is -2.36. The first-order valence-corrected chi connectivity index (χ1v) is 17.7. The van der Waals surface area contributed by atoms with Crippen LogP contribution in [0.3, 0.4) is 0 Å². The van der Waals surface area contributed by atoms with E-state index < -0.39 is 0 Å². The Labute approximate surface area is 293 Å². The Morgan fingerprint density at radius 2 is 1.66 bits per heavy atom.